The van der Waals surface area contributed by atoms with E-state index < -0.39 is 11.6 Å². The first-order valence-electron chi connectivity index (χ1n) is 12.7. The highest BCUT2D eigenvalue weighted by Crippen LogP contribution is 2.36. The van der Waals surface area contributed by atoms with E-state index in [1.54, 1.807) is 23.1 Å². The van der Waals surface area contributed by atoms with Gasteiger partial charge in [-0.15, -0.1) is 0 Å². The number of carbonyl (C=O) groups excluding carboxylic acids is 1. The summed E-state index contributed by atoms with van der Waals surface area (Å²) in [5.41, 5.74) is 4.00. The molecule has 0 unspecified atom stereocenters. The zero-order chi connectivity index (χ0) is 27.0. The minimum Gasteiger partial charge on any atom is -0.479 e. The summed E-state index contributed by atoms with van der Waals surface area (Å²) in [6.07, 6.45) is 1.10. The molecule has 0 saturated heterocycles. The number of rotatable bonds is 6. The van der Waals surface area contributed by atoms with E-state index in [1.165, 1.54) is 19.6 Å². The number of benzene rings is 3. The maximum absolute atomic E-state index is 12.3. The van der Waals surface area contributed by atoms with E-state index in [1.807, 2.05) is 24.3 Å². The van der Waals surface area contributed by atoms with Crippen LogP contribution in [0, 0.1) is 0 Å². The van der Waals surface area contributed by atoms with Crippen LogP contribution >= 0.6 is 0 Å². The van der Waals surface area contributed by atoms with Crippen molar-refractivity contribution in [2.24, 2.45) is 0 Å². The van der Waals surface area contributed by atoms with Gasteiger partial charge in [-0.25, -0.2) is 14.6 Å². The minimum absolute atomic E-state index is 0.0133. The van der Waals surface area contributed by atoms with Gasteiger partial charge in [0.05, 0.1) is 24.7 Å². The largest absolute Gasteiger partial charge is 0.479 e. The number of carboxylic acids is 1. The Hall–Kier alpha value is -4.17. The monoisotopic (exact) mass is 513 g/mol. The third-order valence-corrected chi connectivity index (χ3v) is 7.41. The second-order valence-corrected chi connectivity index (χ2v) is 10.0. The first-order valence-corrected chi connectivity index (χ1v) is 12.7. The highest BCUT2D eigenvalue weighted by atomic mass is 16.5. The molecule has 3 aromatic carbocycles. The summed E-state index contributed by atoms with van der Waals surface area (Å²) in [6, 6.07) is 21.3. The van der Waals surface area contributed by atoms with Gasteiger partial charge in [0.2, 0.25) is 0 Å². The molecule has 1 aromatic heterocycles. The lowest BCUT2D eigenvalue weighted by molar-refractivity contribution is -0.157. The zero-order valence-electron chi connectivity index (χ0n) is 21.7. The third-order valence-electron chi connectivity index (χ3n) is 7.41. The molecule has 0 spiro atoms. The van der Waals surface area contributed by atoms with Gasteiger partial charge in [0.25, 0.3) is 0 Å². The van der Waals surface area contributed by atoms with Crippen LogP contribution in [0.2, 0.25) is 0 Å². The van der Waals surface area contributed by atoms with Gasteiger partial charge in [0.1, 0.15) is 5.82 Å². The Kier molecular flexibility index (Phi) is 6.67. The molecule has 8 heteroatoms. The van der Waals surface area contributed by atoms with Crippen LogP contribution in [0.3, 0.4) is 0 Å². The van der Waals surface area contributed by atoms with E-state index in [0.717, 1.165) is 28.6 Å². The quantitative estimate of drug-likeness (QED) is 0.379. The van der Waals surface area contributed by atoms with Crippen molar-refractivity contribution in [2.45, 2.75) is 44.9 Å². The fourth-order valence-electron chi connectivity index (χ4n) is 5.26. The summed E-state index contributed by atoms with van der Waals surface area (Å²) in [5, 5.41) is 20.2. The lowest BCUT2D eigenvalue weighted by Crippen LogP contribution is -2.35. The Morgan fingerprint density at radius 2 is 1.87 bits per heavy atom. The zero-order valence-corrected chi connectivity index (χ0v) is 21.7. The molecule has 0 aliphatic carbocycles. The second-order valence-electron chi connectivity index (χ2n) is 10.0. The molecular formula is C30H31N3O5. The van der Waals surface area contributed by atoms with E-state index in [4.69, 9.17) is 9.72 Å². The summed E-state index contributed by atoms with van der Waals surface area (Å²) in [5.74, 6) is -0.646. The molecule has 2 heterocycles. The first kappa shape index (κ1) is 25.5. The number of imidazole rings is 1. The van der Waals surface area contributed by atoms with Gasteiger partial charge in [-0.1, -0.05) is 54.6 Å². The fraction of sp³-hybridized carbons (Fsp3) is 0.300. The maximum atomic E-state index is 12.3. The number of amides is 1. The third kappa shape index (κ3) is 4.52. The number of fused-ring (bicyclic) bond motifs is 3. The van der Waals surface area contributed by atoms with Crippen molar-refractivity contribution in [2.75, 3.05) is 13.7 Å². The number of nitrogens with zero attached hydrogens (tertiary/aromatic N) is 3. The predicted octanol–water partition coefficient (Wildman–Crippen LogP) is 4.92. The Bertz CT molecular complexity index is 1510. The summed E-state index contributed by atoms with van der Waals surface area (Å²) in [7, 11) is 1.38. The summed E-state index contributed by atoms with van der Waals surface area (Å²) in [4.78, 5) is 30.8. The number of carbonyl (C=O) groups is 2. The molecule has 0 fully saturated rings. The topological polar surface area (TPSA) is 105 Å². The van der Waals surface area contributed by atoms with Gasteiger partial charge in [-0.05, 0) is 55.5 Å². The van der Waals surface area contributed by atoms with Crippen LogP contribution in [0.25, 0.3) is 22.4 Å². The number of aliphatic carboxylic acids is 1. The molecule has 38 heavy (non-hydrogen) atoms. The summed E-state index contributed by atoms with van der Waals surface area (Å²) >= 11 is 0. The van der Waals surface area contributed by atoms with E-state index >= 15 is 0 Å². The van der Waals surface area contributed by atoms with Gasteiger partial charge in [0.15, 0.2) is 5.60 Å². The highest BCUT2D eigenvalue weighted by molar-refractivity contribution is 5.86. The average Bonchev–Trinajstić information content (AvgIpc) is 3.33. The average molecular weight is 514 g/mol. The molecule has 196 valence electrons. The summed E-state index contributed by atoms with van der Waals surface area (Å²) < 4.78 is 7.15. The van der Waals surface area contributed by atoms with E-state index in [2.05, 4.69) is 35.8 Å². The Balaban J connectivity index is 1.69. The van der Waals surface area contributed by atoms with Gasteiger partial charge in [-0.2, -0.15) is 0 Å². The molecule has 8 nitrogen and oxygen atoms in total. The minimum atomic E-state index is -2.04. The molecule has 2 atom stereocenters. The van der Waals surface area contributed by atoms with Gasteiger partial charge >= 0.3 is 12.1 Å². The van der Waals surface area contributed by atoms with Crippen molar-refractivity contribution in [1.82, 2.24) is 14.5 Å². The number of ether oxygens (including phenoxy) is 1. The standard InChI is InChI=1S/C30H31N3O5/c1-19(16-20-8-5-4-6-9-20)33-25-13-12-21-14-15-32(29(36)38-3)18-24(21)26(25)31-27(33)22-10-7-11-23(17-22)30(2,37)28(34)35/h4-13,17,19,37H,14-16,18H2,1-3H3,(H,34,35)/t19-,30-/m0/s1. The smallest absolute Gasteiger partial charge is 0.409 e. The Morgan fingerprint density at radius 1 is 1.11 bits per heavy atom. The van der Waals surface area contributed by atoms with Gasteiger partial charge < -0.3 is 24.4 Å². The molecule has 1 aliphatic heterocycles. The molecule has 2 N–H and O–H groups in total. The van der Waals surface area contributed by atoms with Crippen LogP contribution in [-0.4, -0.2) is 50.4 Å². The number of carboxylic acid groups (broad SMARTS) is 1. The van der Waals surface area contributed by atoms with E-state index in [0.29, 0.717) is 30.9 Å². The predicted molar refractivity (Wildman–Crippen MR) is 144 cm³/mol. The molecule has 0 saturated carbocycles. The molecule has 0 bridgehead atoms. The van der Waals surface area contributed by atoms with Crippen molar-refractivity contribution in [3.63, 3.8) is 0 Å². The van der Waals surface area contributed by atoms with Crippen LogP contribution in [0.5, 0.6) is 0 Å². The van der Waals surface area contributed by atoms with Crippen molar-refractivity contribution in [3.05, 3.63) is 89.0 Å². The van der Waals surface area contributed by atoms with Crippen molar-refractivity contribution >= 4 is 23.1 Å². The first-order chi connectivity index (χ1) is 18.2. The lowest BCUT2D eigenvalue weighted by Gasteiger charge is -2.28. The Labute approximate surface area is 221 Å². The second kappa shape index (κ2) is 9.95. The van der Waals surface area contributed by atoms with Gasteiger partial charge in [0, 0.05) is 23.7 Å². The molecule has 4 aromatic rings. The Morgan fingerprint density at radius 3 is 2.58 bits per heavy atom. The van der Waals surface area contributed by atoms with Crippen LogP contribution in [0.4, 0.5) is 4.79 Å². The number of methoxy groups -OCH3 is 1. The molecule has 5 rings (SSSR count). The van der Waals surface area contributed by atoms with Gasteiger partial charge in [-0.3, -0.25) is 0 Å². The maximum Gasteiger partial charge on any atom is 0.409 e. The van der Waals surface area contributed by atoms with Crippen LogP contribution in [0.1, 0.15) is 42.1 Å². The molecular weight excluding hydrogens is 482 g/mol. The van der Waals surface area contributed by atoms with Crippen molar-refractivity contribution in [1.29, 1.82) is 0 Å². The molecule has 1 amide bonds. The molecule has 1 aliphatic rings. The normalized spacial score (nSPS) is 15.5. The van der Waals surface area contributed by atoms with Crippen molar-refractivity contribution < 1.29 is 24.5 Å². The number of aromatic nitrogens is 2. The van der Waals surface area contributed by atoms with E-state index in [9.17, 15) is 19.8 Å². The van der Waals surface area contributed by atoms with Crippen molar-refractivity contribution in [3.8, 4) is 11.4 Å². The molecule has 0 radical (unpaired) electrons. The van der Waals surface area contributed by atoms with Crippen LogP contribution in [-0.2, 0) is 34.5 Å². The van der Waals surface area contributed by atoms with Crippen LogP contribution < -0.4 is 0 Å². The number of hydrogen-bond donors (Lipinski definition) is 2. The van der Waals surface area contributed by atoms with E-state index in [-0.39, 0.29) is 17.7 Å². The number of hydrogen-bond acceptors (Lipinski definition) is 5. The lowest BCUT2D eigenvalue weighted by atomic mass is 9.94. The van der Waals surface area contributed by atoms with Crippen LogP contribution in [0.15, 0.2) is 66.7 Å². The highest BCUT2D eigenvalue weighted by Gasteiger charge is 2.33. The fourth-order valence-corrected chi connectivity index (χ4v) is 5.26. The SMILES string of the molecule is COC(=O)N1CCc2ccc3c(nc(-c4cccc([C@](C)(O)C(=O)O)c4)n3[C@@H](C)Cc3ccccc3)c2C1. The number of aliphatic hydroxyl groups is 1. The summed E-state index contributed by atoms with van der Waals surface area (Å²) in [6.45, 7) is 4.38.